The summed E-state index contributed by atoms with van der Waals surface area (Å²) in [6.07, 6.45) is 6.61. The molecule has 3 aliphatic rings. The molecular formula is C24H29N5O2. The molecule has 1 N–H and O–H groups in total. The molecule has 1 atom stereocenters. The van der Waals surface area contributed by atoms with Crippen LogP contribution in [-0.4, -0.2) is 72.9 Å². The lowest BCUT2D eigenvalue weighted by molar-refractivity contribution is 0.115. The first-order valence-corrected chi connectivity index (χ1v) is 11.1. The molecule has 1 aromatic heterocycles. The van der Waals surface area contributed by atoms with Gasteiger partial charge in [0.1, 0.15) is 11.6 Å². The number of nitrogens with one attached hydrogen (secondary N) is 1. The van der Waals surface area contributed by atoms with Crippen molar-refractivity contribution < 1.29 is 4.74 Å². The number of H-pyrrole nitrogens is 1. The van der Waals surface area contributed by atoms with Gasteiger partial charge in [-0.3, -0.25) is 14.7 Å². The number of fused-ring (bicyclic) bond motifs is 3. The van der Waals surface area contributed by atoms with Crippen LogP contribution in [0.1, 0.15) is 12.0 Å². The number of anilines is 1. The Morgan fingerprint density at radius 2 is 1.87 bits per heavy atom. The Morgan fingerprint density at radius 3 is 2.71 bits per heavy atom. The van der Waals surface area contributed by atoms with Gasteiger partial charge in [0.25, 0.3) is 0 Å². The van der Waals surface area contributed by atoms with E-state index in [1.165, 1.54) is 11.6 Å². The van der Waals surface area contributed by atoms with Crippen molar-refractivity contribution in [1.82, 2.24) is 14.8 Å². The van der Waals surface area contributed by atoms with E-state index in [4.69, 9.17) is 4.74 Å². The molecule has 0 amide bonds. The zero-order valence-corrected chi connectivity index (χ0v) is 17.7. The van der Waals surface area contributed by atoms with Crippen molar-refractivity contribution in [2.75, 3.05) is 50.8 Å². The van der Waals surface area contributed by atoms with Gasteiger partial charge >= 0.3 is 0 Å². The summed E-state index contributed by atoms with van der Waals surface area (Å²) in [7, 11) is 0. The summed E-state index contributed by atoms with van der Waals surface area (Å²) in [5.41, 5.74) is 1.82. The van der Waals surface area contributed by atoms with Crippen LogP contribution in [0.15, 0.2) is 64.2 Å². The highest BCUT2D eigenvalue weighted by molar-refractivity contribution is 5.85. The summed E-state index contributed by atoms with van der Waals surface area (Å²) in [5.74, 6) is 1.74. The second-order valence-electron chi connectivity index (χ2n) is 8.37. The van der Waals surface area contributed by atoms with Crippen LogP contribution >= 0.6 is 0 Å². The van der Waals surface area contributed by atoms with Gasteiger partial charge in [0.15, 0.2) is 5.69 Å². The van der Waals surface area contributed by atoms with E-state index >= 15 is 0 Å². The van der Waals surface area contributed by atoms with Gasteiger partial charge in [-0.15, -0.1) is 0 Å². The molecule has 2 aromatic rings. The van der Waals surface area contributed by atoms with E-state index in [2.05, 4.69) is 61.1 Å². The van der Waals surface area contributed by atoms with Crippen molar-refractivity contribution in [2.45, 2.75) is 19.0 Å². The van der Waals surface area contributed by atoms with Crippen LogP contribution in [0.25, 0.3) is 0 Å². The number of rotatable bonds is 7. The average Bonchev–Trinajstić information content (AvgIpc) is 3.22. The van der Waals surface area contributed by atoms with Gasteiger partial charge in [-0.2, -0.15) is 0 Å². The first-order chi connectivity index (χ1) is 15.3. The highest BCUT2D eigenvalue weighted by Gasteiger charge is 2.30. The Bertz CT molecular complexity index is 1010. The zero-order chi connectivity index (χ0) is 21.0. The molecule has 7 nitrogen and oxygen atoms in total. The molecule has 7 heteroatoms. The highest BCUT2D eigenvalue weighted by atomic mass is 16.5. The molecule has 3 aliphatic heterocycles. The lowest BCUT2D eigenvalue weighted by atomic mass is 10.2. The number of piperazine rings is 1. The lowest BCUT2D eigenvalue weighted by Crippen LogP contribution is -2.46. The fourth-order valence-corrected chi connectivity index (χ4v) is 4.51. The minimum absolute atomic E-state index is 0.0539. The predicted molar refractivity (Wildman–Crippen MR) is 123 cm³/mol. The maximum Gasteiger partial charge on any atom is 0.209 e. The van der Waals surface area contributed by atoms with E-state index in [-0.39, 0.29) is 11.5 Å². The molecule has 1 fully saturated rings. The Labute approximate surface area is 182 Å². The van der Waals surface area contributed by atoms with E-state index in [1.807, 2.05) is 6.21 Å². The smallest absolute Gasteiger partial charge is 0.209 e. The van der Waals surface area contributed by atoms with Crippen LogP contribution < -0.4 is 10.3 Å². The number of aromatic amines is 1. The standard InChI is InChI=1S/C24H29N5O2/c30-22-7-8-25-24-23(22)26-16-20-15-21(18-29(20)24)31-14-4-9-27-10-12-28(13-11-27)17-19-5-2-1-3-6-19/h1-3,5-8,15-16,20H,4,9-14,17-18H2,(H,25,30). The predicted octanol–water partition coefficient (Wildman–Crippen LogP) is 2.39. The molecule has 0 aliphatic carbocycles. The molecule has 0 radical (unpaired) electrons. The zero-order valence-electron chi connectivity index (χ0n) is 17.7. The van der Waals surface area contributed by atoms with Crippen LogP contribution in [0, 0.1) is 0 Å². The number of pyridine rings is 1. The number of aliphatic imine (C=N–C) groups is 1. The Hall–Kier alpha value is -2.90. The average molecular weight is 420 g/mol. The number of hydrogen-bond donors (Lipinski definition) is 1. The molecule has 1 saturated heterocycles. The number of nitrogens with zero attached hydrogens (tertiary/aromatic N) is 4. The molecular weight excluding hydrogens is 390 g/mol. The molecule has 0 bridgehead atoms. The maximum atomic E-state index is 12.0. The van der Waals surface area contributed by atoms with E-state index in [1.54, 1.807) is 6.20 Å². The highest BCUT2D eigenvalue weighted by Crippen LogP contribution is 2.32. The van der Waals surface area contributed by atoms with Gasteiger partial charge < -0.3 is 19.5 Å². The van der Waals surface area contributed by atoms with Gasteiger partial charge in [0.05, 0.1) is 19.2 Å². The fraction of sp³-hybridized carbons (Fsp3) is 0.417. The second kappa shape index (κ2) is 9.08. The summed E-state index contributed by atoms with van der Waals surface area (Å²) >= 11 is 0. The van der Waals surface area contributed by atoms with Crippen molar-refractivity contribution in [2.24, 2.45) is 4.99 Å². The van der Waals surface area contributed by atoms with Crippen LogP contribution in [0.4, 0.5) is 11.5 Å². The van der Waals surface area contributed by atoms with Gasteiger partial charge in [0.2, 0.25) is 5.43 Å². The quantitative estimate of drug-likeness (QED) is 0.699. The Kier molecular flexibility index (Phi) is 5.86. The number of aromatic nitrogens is 1. The third-order valence-corrected chi connectivity index (χ3v) is 6.22. The van der Waals surface area contributed by atoms with E-state index in [0.717, 1.165) is 57.3 Å². The lowest BCUT2D eigenvalue weighted by Gasteiger charge is -2.34. The number of benzene rings is 1. The van der Waals surface area contributed by atoms with E-state index in [0.29, 0.717) is 18.8 Å². The summed E-state index contributed by atoms with van der Waals surface area (Å²) in [6, 6.07) is 12.3. The van der Waals surface area contributed by atoms with Crippen molar-refractivity contribution >= 4 is 17.7 Å². The van der Waals surface area contributed by atoms with Crippen LogP contribution in [-0.2, 0) is 11.3 Å². The topological polar surface area (TPSA) is 64.2 Å². The minimum atomic E-state index is -0.0540. The molecule has 0 spiro atoms. The second-order valence-corrected chi connectivity index (χ2v) is 8.37. The largest absolute Gasteiger partial charge is 0.496 e. The Morgan fingerprint density at radius 1 is 1.06 bits per heavy atom. The van der Waals surface area contributed by atoms with Gasteiger partial charge in [-0.05, 0) is 18.1 Å². The number of ether oxygens (including phenoxy) is 1. The van der Waals surface area contributed by atoms with Gasteiger partial charge in [-0.1, -0.05) is 30.3 Å². The van der Waals surface area contributed by atoms with Crippen molar-refractivity contribution in [1.29, 1.82) is 0 Å². The molecule has 4 heterocycles. The summed E-state index contributed by atoms with van der Waals surface area (Å²) < 4.78 is 6.06. The molecule has 5 rings (SSSR count). The van der Waals surface area contributed by atoms with Crippen LogP contribution in [0.5, 0.6) is 0 Å². The summed E-state index contributed by atoms with van der Waals surface area (Å²) in [5, 5.41) is 0. The first-order valence-electron chi connectivity index (χ1n) is 11.1. The third-order valence-electron chi connectivity index (χ3n) is 6.22. The SMILES string of the molecule is O=c1cc[nH]c2c1N=CC1C=C(OCCCN3CCN(Cc4ccccc4)CC3)CN21. The molecule has 31 heavy (non-hydrogen) atoms. The molecule has 1 unspecified atom stereocenters. The van der Waals surface area contributed by atoms with Crippen LogP contribution in [0.3, 0.4) is 0 Å². The Balaban J connectivity index is 1.03. The normalized spacial score (nSPS) is 21.0. The van der Waals surface area contributed by atoms with Crippen LogP contribution in [0.2, 0.25) is 0 Å². The van der Waals surface area contributed by atoms with Crippen molar-refractivity contribution in [3.63, 3.8) is 0 Å². The number of hydrogen-bond acceptors (Lipinski definition) is 6. The van der Waals surface area contributed by atoms with Gasteiger partial charge in [-0.25, -0.2) is 0 Å². The summed E-state index contributed by atoms with van der Waals surface area (Å²) in [6.45, 7) is 7.97. The van der Waals surface area contributed by atoms with Crippen molar-refractivity contribution in [3.8, 4) is 0 Å². The van der Waals surface area contributed by atoms with E-state index in [9.17, 15) is 4.79 Å². The molecule has 1 aromatic carbocycles. The third kappa shape index (κ3) is 4.57. The first kappa shape index (κ1) is 20.0. The molecule has 162 valence electrons. The van der Waals surface area contributed by atoms with Gasteiger partial charge in [0, 0.05) is 57.7 Å². The minimum Gasteiger partial charge on any atom is -0.496 e. The summed E-state index contributed by atoms with van der Waals surface area (Å²) in [4.78, 5) is 26.7. The monoisotopic (exact) mass is 419 g/mol. The molecule has 0 saturated carbocycles. The van der Waals surface area contributed by atoms with Crippen molar-refractivity contribution in [3.05, 3.63) is 70.2 Å². The fourth-order valence-electron chi connectivity index (χ4n) is 4.51. The maximum absolute atomic E-state index is 12.0. The van der Waals surface area contributed by atoms with E-state index < -0.39 is 0 Å².